The maximum atomic E-state index is 13.0. The number of hydrogen-bond donors (Lipinski definition) is 1. The highest BCUT2D eigenvalue weighted by atomic mass is 32.1. The second-order valence-electron chi connectivity index (χ2n) is 5.04. The van der Waals surface area contributed by atoms with Crippen LogP contribution in [-0.4, -0.2) is 47.7 Å². The highest BCUT2D eigenvalue weighted by Crippen LogP contribution is 2.21. The molecule has 21 heavy (non-hydrogen) atoms. The van der Waals surface area contributed by atoms with Gasteiger partial charge in [0.2, 0.25) is 0 Å². The van der Waals surface area contributed by atoms with Crippen molar-refractivity contribution in [1.82, 2.24) is 14.5 Å². The van der Waals surface area contributed by atoms with Gasteiger partial charge in [-0.05, 0) is 24.3 Å². The van der Waals surface area contributed by atoms with E-state index in [2.05, 4.69) is 24.7 Å². The maximum absolute atomic E-state index is 13.0. The summed E-state index contributed by atoms with van der Waals surface area (Å²) in [6, 6.07) is 6.71. The van der Waals surface area contributed by atoms with Gasteiger partial charge in [-0.25, -0.2) is 4.39 Å². The number of nitrogens with one attached hydrogen (secondary N) is 1. The van der Waals surface area contributed by atoms with Gasteiger partial charge in [0.1, 0.15) is 16.5 Å². The molecular weight excluding hydrogens is 289 g/mol. The van der Waals surface area contributed by atoms with Crippen molar-refractivity contribution in [2.75, 3.05) is 43.4 Å². The molecule has 1 aliphatic rings. The minimum Gasteiger partial charge on any atom is -0.377 e. The third-order valence-corrected chi connectivity index (χ3v) is 4.51. The van der Waals surface area contributed by atoms with Crippen molar-refractivity contribution in [3.63, 3.8) is 0 Å². The van der Waals surface area contributed by atoms with Gasteiger partial charge in [0, 0.05) is 57.0 Å². The zero-order chi connectivity index (χ0) is 14.7. The first kappa shape index (κ1) is 14.2. The third kappa shape index (κ3) is 3.30. The zero-order valence-electron chi connectivity index (χ0n) is 11.9. The summed E-state index contributed by atoms with van der Waals surface area (Å²) >= 11 is 1.39. The van der Waals surface area contributed by atoms with Crippen molar-refractivity contribution in [2.45, 2.75) is 6.54 Å². The van der Waals surface area contributed by atoms with Crippen LogP contribution in [0.1, 0.15) is 5.69 Å². The van der Waals surface area contributed by atoms with E-state index in [9.17, 15) is 4.39 Å². The molecule has 1 aliphatic heterocycles. The number of anilines is 2. The van der Waals surface area contributed by atoms with Crippen LogP contribution in [-0.2, 0) is 6.54 Å². The number of halogens is 1. The Morgan fingerprint density at radius 2 is 1.90 bits per heavy atom. The lowest BCUT2D eigenvalue weighted by Crippen LogP contribution is -2.46. The molecule has 0 amide bonds. The highest BCUT2D eigenvalue weighted by molar-refractivity contribution is 7.10. The predicted molar refractivity (Wildman–Crippen MR) is 83.3 cm³/mol. The Hall–Kier alpha value is -1.73. The SMILES string of the molecule is CNc1snnc1CN1CCN(c2ccc(F)cc2)CC1. The first-order valence-electron chi connectivity index (χ1n) is 6.98. The van der Waals surface area contributed by atoms with Gasteiger partial charge < -0.3 is 10.2 Å². The summed E-state index contributed by atoms with van der Waals surface area (Å²) in [5.41, 5.74) is 2.10. The molecule has 0 bridgehead atoms. The summed E-state index contributed by atoms with van der Waals surface area (Å²) in [6.07, 6.45) is 0. The van der Waals surface area contributed by atoms with Crippen molar-refractivity contribution >= 4 is 22.2 Å². The molecule has 0 saturated carbocycles. The van der Waals surface area contributed by atoms with Crippen LogP contribution in [0.2, 0.25) is 0 Å². The van der Waals surface area contributed by atoms with Crippen LogP contribution in [0.25, 0.3) is 0 Å². The van der Waals surface area contributed by atoms with E-state index in [0.717, 1.165) is 49.1 Å². The Morgan fingerprint density at radius 3 is 2.57 bits per heavy atom. The highest BCUT2D eigenvalue weighted by Gasteiger charge is 2.19. The van der Waals surface area contributed by atoms with E-state index in [0.29, 0.717) is 0 Å². The quantitative estimate of drug-likeness (QED) is 0.936. The molecule has 1 aromatic carbocycles. The fourth-order valence-electron chi connectivity index (χ4n) is 2.53. The standard InChI is InChI=1S/C14H18FN5S/c1-16-14-13(17-18-21-14)10-19-6-8-20(9-7-19)12-4-2-11(15)3-5-12/h2-5,16H,6-10H2,1H3. The summed E-state index contributed by atoms with van der Waals surface area (Å²) < 4.78 is 16.9. The fraction of sp³-hybridized carbons (Fsp3) is 0.429. The summed E-state index contributed by atoms with van der Waals surface area (Å²) in [5.74, 6) is -0.187. The van der Waals surface area contributed by atoms with E-state index < -0.39 is 0 Å². The molecule has 2 aromatic rings. The molecule has 0 atom stereocenters. The van der Waals surface area contributed by atoms with Gasteiger partial charge in [0.25, 0.3) is 0 Å². The number of piperazine rings is 1. The van der Waals surface area contributed by atoms with Crippen molar-refractivity contribution in [3.8, 4) is 0 Å². The average Bonchev–Trinajstić information content (AvgIpc) is 2.96. The number of hydrogen-bond acceptors (Lipinski definition) is 6. The molecule has 1 aromatic heterocycles. The summed E-state index contributed by atoms with van der Waals surface area (Å²) in [6.45, 7) is 4.65. The van der Waals surface area contributed by atoms with Crippen LogP contribution in [0.4, 0.5) is 15.1 Å². The maximum Gasteiger partial charge on any atom is 0.134 e. The summed E-state index contributed by atoms with van der Waals surface area (Å²) in [4.78, 5) is 4.66. The Labute approximate surface area is 127 Å². The summed E-state index contributed by atoms with van der Waals surface area (Å²) in [5, 5.41) is 8.34. The van der Waals surface area contributed by atoms with Gasteiger partial charge in [-0.1, -0.05) is 4.49 Å². The van der Waals surface area contributed by atoms with E-state index in [1.165, 1.54) is 23.7 Å². The van der Waals surface area contributed by atoms with E-state index in [1.807, 2.05) is 19.2 Å². The van der Waals surface area contributed by atoms with Crippen LogP contribution in [0.5, 0.6) is 0 Å². The molecule has 0 spiro atoms. The van der Waals surface area contributed by atoms with E-state index >= 15 is 0 Å². The molecule has 3 rings (SSSR count). The average molecular weight is 307 g/mol. The van der Waals surface area contributed by atoms with E-state index in [4.69, 9.17) is 0 Å². The predicted octanol–water partition coefficient (Wildman–Crippen LogP) is 2.04. The molecule has 0 unspecified atom stereocenters. The molecule has 5 nitrogen and oxygen atoms in total. The van der Waals surface area contributed by atoms with E-state index in [-0.39, 0.29) is 5.82 Å². The van der Waals surface area contributed by atoms with Gasteiger partial charge >= 0.3 is 0 Å². The second kappa shape index (κ2) is 6.36. The van der Waals surface area contributed by atoms with Gasteiger partial charge in [0.05, 0.1) is 0 Å². The van der Waals surface area contributed by atoms with Crippen LogP contribution < -0.4 is 10.2 Å². The Balaban J connectivity index is 1.56. The minimum absolute atomic E-state index is 0.187. The number of rotatable bonds is 4. The van der Waals surface area contributed by atoms with Crippen LogP contribution in [0.15, 0.2) is 24.3 Å². The summed E-state index contributed by atoms with van der Waals surface area (Å²) in [7, 11) is 1.89. The van der Waals surface area contributed by atoms with Crippen molar-refractivity contribution < 1.29 is 4.39 Å². The van der Waals surface area contributed by atoms with Crippen LogP contribution in [0, 0.1) is 5.82 Å². The molecule has 7 heteroatoms. The molecule has 112 valence electrons. The molecule has 0 aliphatic carbocycles. The van der Waals surface area contributed by atoms with E-state index in [1.54, 1.807) is 0 Å². The lowest BCUT2D eigenvalue weighted by atomic mass is 10.2. The zero-order valence-corrected chi connectivity index (χ0v) is 12.7. The van der Waals surface area contributed by atoms with Crippen LogP contribution >= 0.6 is 11.5 Å². The number of aromatic nitrogens is 2. The van der Waals surface area contributed by atoms with Crippen molar-refractivity contribution in [3.05, 3.63) is 35.8 Å². The van der Waals surface area contributed by atoms with Gasteiger partial charge in [-0.15, -0.1) is 5.10 Å². The largest absolute Gasteiger partial charge is 0.377 e. The van der Waals surface area contributed by atoms with Crippen molar-refractivity contribution in [2.24, 2.45) is 0 Å². The van der Waals surface area contributed by atoms with Crippen molar-refractivity contribution in [1.29, 1.82) is 0 Å². The van der Waals surface area contributed by atoms with Gasteiger partial charge in [-0.2, -0.15) is 0 Å². The molecule has 2 heterocycles. The molecular formula is C14H18FN5S. The minimum atomic E-state index is -0.187. The Kier molecular flexibility index (Phi) is 4.31. The Morgan fingerprint density at radius 1 is 1.19 bits per heavy atom. The normalized spacial score (nSPS) is 16.2. The Bertz CT molecular complexity index is 577. The number of nitrogens with zero attached hydrogens (tertiary/aromatic N) is 4. The molecule has 1 fully saturated rings. The second-order valence-corrected chi connectivity index (χ2v) is 5.79. The van der Waals surface area contributed by atoms with Gasteiger partial charge in [0.15, 0.2) is 0 Å². The first-order valence-corrected chi connectivity index (χ1v) is 7.75. The molecule has 0 radical (unpaired) electrons. The smallest absolute Gasteiger partial charge is 0.134 e. The lowest BCUT2D eigenvalue weighted by Gasteiger charge is -2.35. The van der Waals surface area contributed by atoms with Crippen LogP contribution in [0.3, 0.4) is 0 Å². The third-order valence-electron chi connectivity index (χ3n) is 3.72. The molecule has 1 saturated heterocycles. The lowest BCUT2D eigenvalue weighted by molar-refractivity contribution is 0.247. The fourth-order valence-corrected chi connectivity index (χ4v) is 3.05. The topological polar surface area (TPSA) is 44.3 Å². The van der Waals surface area contributed by atoms with Gasteiger partial charge in [-0.3, -0.25) is 4.90 Å². The first-order chi connectivity index (χ1) is 10.3. The monoisotopic (exact) mass is 307 g/mol. The molecule has 1 N–H and O–H groups in total. The number of benzene rings is 1.